The van der Waals surface area contributed by atoms with Crippen molar-refractivity contribution in [1.29, 1.82) is 0 Å². The normalized spacial score (nSPS) is 20.2. The van der Waals surface area contributed by atoms with Crippen LogP contribution in [-0.2, 0) is 6.42 Å². The van der Waals surface area contributed by atoms with E-state index in [1.807, 2.05) is 0 Å². The second-order valence-electron chi connectivity index (χ2n) is 6.44. The van der Waals surface area contributed by atoms with Crippen LogP contribution in [-0.4, -0.2) is 19.7 Å². The van der Waals surface area contributed by atoms with Gasteiger partial charge in [-0.15, -0.1) is 12.4 Å². The van der Waals surface area contributed by atoms with Crippen LogP contribution in [0.1, 0.15) is 36.8 Å². The first kappa shape index (κ1) is 18.8. The SMILES string of the molecule is CCCc1ccccc1OC[C@@H]1CNCC[C@H]1c1ccccc1.Cl. The van der Waals surface area contributed by atoms with E-state index in [1.165, 1.54) is 17.5 Å². The number of hydrogen-bond donors (Lipinski definition) is 1. The number of hydrogen-bond acceptors (Lipinski definition) is 2. The lowest BCUT2D eigenvalue weighted by molar-refractivity contribution is 0.195. The molecule has 0 saturated carbocycles. The summed E-state index contributed by atoms with van der Waals surface area (Å²) in [5.41, 5.74) is 2.78. The average Bonchev–Trinajstić information content (AvgIpc) is 2.62. The average molecular weight is 346 g/mol. The summed E-state index contributed by atoms with van der Waals surface area (Å²) < 4.78 is 6.24. The third kappa shape index (κ3) is 4.75. The van der Waals surface area contributed by atoms with Gasteiger partial charge in [-0.05, 0) is 42.5 Å². The molecule has 1 fully saturated rings. The maximum atomic E-state index is 6.24. The third-order valence-electron chi connectivity index (χ3n) is 4.78. The molecule has 130 valence electrons. The molecule has 0 unspecified atom stereocenters. The van der Waals surface area contributed by atoms with Gasteiger partial charge in [-0.3, -0.25) is 0 Å². The molecule has 1 N–H and O–H groups in total. The summed E-state index contributed by atoms with van der Waals surface area (Å²) >= 11 is 0. The first-order valence-electron chi connectivity index (χ1n) is 8.85. The van der Waals surface area contributed by atoms with Crippen molar-refractivity contribution < 1.29 is 4.74 Å². The fourth-order valence-corrected chi connectivity index (χ4v) is 3.55. The van der Waals surface area contributed by atoms with Crippen LogP contribution in [0.25, 0.3) is 0 Å². The highest BCUT2D eigenvalue weighted by molar-refractivity contribution is 5.85. The number of piperidine rings is 1. The molecule has 3 heteroatoms. The maximum Gasteiger partial charge on any atom is 0.122 e. The van der Waals surface area contributed by atoms with Gasteiger partial charge >= 0.3 is 0 Å². The molecule has 0 radical (unpaired) electrons. The van der Waals surface area contributed by atoms with Crippen molar-refractivity contribution in [2.75, 3.05) is 19.7 Å². The molecule has 0 aromatic heterocycles. The topological polar surface area (TPSA) is 21.3 Å². The number of aryl methyl sites for hydroxylation is 1. The molecular formula is C21H28ClNO. The van der Waals surface area contributed by atoms with Crippen molar-refractivity contribution in [3.63, 3.8) is 0 Å². The fraction of sp³-hybridized carbons (Fsp3) is 0.429. The first-order chi connectivity index (χ1) is 11.4. The van der Waals surface area contributed by atoms with Crippen LogP contribution in [0.2, 0.25) is 0 Å². The fourth-order valence-electron chi connectivity index (χ4n) is 3.55. The predicted molar refractivity (Wildman–Crippen MR) is 103 cm³/mol. The van der Waals surface area contributed by atoms with E-state index < -0.39 is 0 Å². The number of halogens is 1. The number of para-hydroxylation sites is 1. The van der Waals surface area contributed by atoms with E-state index >= 15 is 0 Å². The molecule has 1 aliphatic heterocycles. The Balaban J connectivity index is 0.00000208. The van der Waals surface area contributed by atoms with Crippen molar-refractivity contribution in [3.05, 3.63) is 65.7 Å². The van der Waals surface area contributed by atoms with E-state index in [4.69, 9.17) is 4.74 Å². The van der Waals surface area contributed by atoms with Crippen LogP contribution in [0.5, 0.6) is 5.75 Å². The smallest absolute Gasteiger partial charge is 0.122 e. The molecule has 3 rings (SSSR count). The standard InChI is InChI=1S/C21H27NO.ClH/c1-2-8-18-11-6-7-12-21(18)23-16-19-15-22-14-13-20(19)17-9-4-3-5-10-17;/h3-7,9-12,19-20,22H,2,8,13-16H2,1H3;1H/t19-,20-;/m0./s1. The largest absolute Gasteiger partial charge is 0.493 e. The summed E-state index contributed by atoms with van der Waals surface area (Å²) in [6.07, 6.45) is 3.42. The van der Waals surface area contributed by atoms with Crippen molar-refractivity contribution in [1.82, 2.24) is 5.32 Å². The molecule has 0 aliphatic carbocycles. The van der Waals surface area contributed by atoms with E-state index in [-0.39, 0.29) is 12.4 Å². The number of rotatable bonds is 6. The Morgan fingerprint density at radius 2 is 1.79 bits per heavy atom. The predicted octanol–water partition coefficient (Wildman–Crippen LogP) is 4.83. The molecule has 2 aromatic rings. The van der Waals surface area contributed by atoms with Crippen molar-refractivity contribution >= 4 is 12.4 Å². The molecule has 0 bridgehead atoms. The van der Waals surface area contributed by atoms with Gasteiger partial charge in [-0.25, -0.2) is 0 Å². The Hall–Kier alpha value is -1.51. The Morgan fingerprint density at radius 3 is 2.58 bits per heavy atom. The molecule has 0 amide bonds. The second kappa shape index (κ2) is 9.71. The molecule has 2 aromatic carbocycles. The molecule has 1 aliphatic rings. The molecule has 2 atom stereocenters. The maximum absolute atomic E-state index is 6.24. The molecule has 1 saturated heterocycles. The van der Waals surface area contributed by atoms with E-state index in [0.29, 0.717) is 11.8 Å². The van der Waals surface area contributed by atoms with Crippen LogP contribution in [0.15, 0.2) is 54.6 Å². The van der Waals surface area contributed by atoms with E-state index in [9.17, 15) is 0 Å². The van der Waals surface area contributed by atoms with Crippen molar-refractivity contribution in [2.24, 2.45) is 5.92 Å². The Bertz CT molecular complexity index is 602. The van der Waals surface area contributed by atoms with Gasteiger partial charge < -0.3 is 10.1 Å². The zero-order valence-corrected chi connectivity index (χ0v) is 15.2. The summed E-state index contributed by atoms with van der Waals surface area (Å²) in [6.45, 7) is 5.14. The number of nitrogens with one attached hydrogen (secondary N) is 1. The second-order valence-corrected chi connectivity index (χ2v) is 6.44. The minimum atomic E-state index is 0. The first-order valence-corrected chi connectivity index (χ1v) is 8.85. The zero-order chi connectivity index (χ0) is 15.9. The monoisotopic (exact) mass is 345 g/mol. The lowest BCUT2D eigenvalue weighted by atomic mass is 9.81. The zero-order valence-electron chi connectivity index (χ0n) is 14.4. The van der Waals surface area contributed by atoms with Gasteiger partial charge in [0.15, 0.2) is 0 Å². The lowest BCUT2D eigenvalue weighted by Gasteiger charge is -2.32. The molecular weight excluding hydrogens is 318 g/mol. The lowest BCUT2D eigenvalue weighted by Crippen LogP contribution is -2.38. The minimum absolute atomic E-state index is 0. The highest BCUT2D eigenvalue weighted by Gasteiger charge is 2.27. The van der Waals surface area contributed by atoms with Crippen LogP contribution in [0.3, 0.4) is 0 Å². The molecule has 0 spiro atoms. The minimum Gasteiger partial charge on any atom is -0.493 e. The van der Waals surface area contributed by atoms with Gasteiger partial charge in [0, 0.05) is 12.5 Å². The Labute approximate surface area is 152 Å². The summed E-state index contributed by atoms with van der Waals surface area (Å²) in [5.74, 6) is 2.18. The number of ether oxygens (including phenoxy) is 1. The van der Waals surface area contributed by atoms with Gasteiger partial charge in [0.2, 0.25) is 0 Å². The Kier molecular flexibility index (Phi) is 7.61. The summed E-state index contributed by atoms with van der Waals surface area (Å²) in [7, 11) is 0. The van der Waals surface area contributed by atoms with Gasteiger partial charge in [0.25, 0.3) is 0 Å². The van der Waals surface area contributed by atoms with Crippen LogP contribution in [0, 0.1) is 5.92 Å². The van der Waals surface area contributed by atoms with E-state index in [0.717, 1.165) is 38.3 Å². The third-order valence-corrected chi connectivity index (χ3v) is 4.78. The Morgan fingerprint density at radius 1 is 1.04 bits per heavy atom. The van der Waals surface area contributed by atoms with Crippen molar-refractivity contribution in [3.8, 4) is 5.75 Å². The molecule has 1 heterocycles. The highest BCUT2D eigenvalue weighted by Crippen LogP contribution is 2.31. The van der Waals surface area contributed by atoms with Crippen LogP contribution in [0.4, 0.5) is 0 Å². The summed E-state index contributed by atoms with van der Waals surface area (Å²) in [6, 6.07) is 19.4. The van der Waals surface area contributed by atoms with Gasteiger partial charge in [0.1, 0.15) is 5.75 Å². The van der Waals surface area contributed by atoms with E-state index in [1.54, 1.807) is 0 Å². The molecule has 24 heavy (non-hydrogen) atoms. The summed E-state index contributed by atoms with van der Waals surface area (Å²) in [4.78, 5) is 0. The van der Waals surface area contributed by atoms with Crippen LogP contribution >= 0.6 is 12.4 Å². The highest BCUT2D eigenvalue weighted by atomic mass is 35.5. The van der Waals surface area contributed by atoms with Crippen molar-refractivity contribution in [2.45, 2.75) is 32.1 Å². The molecule has 2 nitrogen and oxygen atoms in total. The van der Waals surface area contributed by atoms with Crippen LogP contribution < -0.4 is 10.1 Å². The quantitative estimate of drug-likeness (QED) is 0.809. The van der Waals surface area contributed by atoms with Gasteiger partial charge in [0.05, 0.1) is 6.61 Å². The van der Waals surface area contributed by atoms with Gasteiger partial charge in [-0.1, -0.05) is 61.9 Å². The summed E-state index contributed by atoms with van der Waals surface area (Å²) in [5, 5.41) is 3.53. The van der Waals surface area contributed by atoms with E-state index in [2.05, 4.69) is 66.8 Å². The number of benzene rings is 2. The van der Waals surface area contributed by atoms with Gasteiger partial charge in [-0.2, -0.15) is 0 Å².